The summed E-state index contributed by atoms with van der Waals surface area (Å²) < 4.78 is 0. The predicted octanol–water partition coefficient (Wildman–Crippen LogP) is 5.27. The van der Waals surface area contributed by atoms with E-state index >= 15 is 0 Å². The summed E-state index contributed by atoms with van der Waals surface area (Å²) >= 11 is 0. The van der Waals surface area contributed by atoms with Gasteiger partial charge in [-0.25, -0.2) is 0 Å². The number of rotatable bonds is 2. The quantitative estimate of drug-likeness (QED) is 0.494. The molecule has 0 aliphatic rings. The van der Waals surface area contributed by atoms with Gasteiger partial charge in [-0.15, -0.1) is 0 Å². The molecular weight excluding hydrogens is 294 g/mol. The molecule has 1 amide bonds. The Labute approximate surface area is 141 Å². The second kappa shape index (κ2) is 5.82. The van der Waals surface area contributed by atoms with Crippen molar-refractivity contribution in [2.75, 3.05) is 11.9 Å². The number of carbonyl (C=O) groups excluding carboxylic acids is 1. The van der Waals surface area contributed by atoms with Gasteiger partial charge in [-0.1, -0.05) is 66.7 Å². The van der Waals surface area contributed by atoms with Crippen LogP contribution in [0.25, 0.3) is 21.5 Å². The van der Waals surface area contributed by atoms with Gasteiger partial charge in [0.05, 0.1) is 5.69 Å². The van der Waals surface area contributed by atoms with Crippen LogP contribution >= 0.6 is 0 Å². The Morgan fingerprint density at radius 3 is 2.21 bits per heavy atom. The van der Waals surface area contributed by atoms with Crippen molar-refractivity contribution in [1.82, 2.24) is 0 Å². The molecule has 0 radical (unpaired) electrons. The van der Waals surface area contributed by atoms with Crippen LogP contribution in [0.3, 0.4) is 0 Å². The molecule has 0 N–H and O–H groups in total. The van der Waals surface area contributed by atoms with E-state index in [1.807, 2.05) is 67.7 Å². The van der Waals surface area contributed by atoms with Crippen molar-refractivity contribution in [3.05, 3.63) is 90.5 Å². The van der Waals surface area contributed by atoms with Gasteiger partial charge in [-0.2, -0.15) is 0 Å². The normalized spacial score (nSPS) is 10.9. The average Bonchev–Trinajstić information content (AvgIpc) is 2.66. The summed E-state index contributed by atoms with van der Waals surface area (Å²) in [7, 11) is 1.83. The summed E-state index contributed by atoms with van der Waals surface area (Å²) in [5, 5.41) is 4.43. The molecule has 4 aromatic rings. The Balaban J connectivity index is 1.77. The molecule has 4 aromatic carbocycles. The molecule has 0 aliphatic heterocycles. The molecule has 0 unspecified atom stereocenters. The largest absolute Gasteiger partial charge is 0.311 e. The Morgan fingerprint density at radius 2 is 1.38 bits per heavy atom. The molecule has 4 rings (SSSR count). The van der Waals surface area contributed by atoms with E-state index in [1.165, 1.54) is 0 Å². The highest BCUT2D eigenvalue weighted by Crippen LogP contribution is 2.27. The minimum absolute atomic E-state index is 0.00268. The van der Waals surface area contributed by atoms with E-state index in [1.54, 1.807) is 4.90 Å². The molecule has 0 saturated heterocycles. The van der Waals surface area contributed by atoms with Gasteiger partial charge in [0.15, 0.2) is 0 Å². The summed E-state index contributed by atoms with van der Waals surface area (Å²) in [6.45, 7) is 0. The summed E-state index contributed by atoms with van der Waals surface area (Å²) in [6.07, 6.45) is 0. The van der Waals surface area contributed by atoms with E-state index in [2.05, 4.69) is 24.3 Å². The third-order valence-electron chi connectivity index (χ3n) is 4.43. The lowest BCUT2D eigenvalue weighted by Crippen LogP contribution is -2.26. The van der Waals surface area contributed by atoms with Gasteiger partial charge in [-0.3, -0.25) is 4.79 Å². The maximum absolute atomic E-state index is 13.0. The first-order valence-corrected chi connectivity index (χ1v) is 7.99. The number of nitrogens with zero attached hydrogens (tertiary/aromatic N) is 1. The molecule has 0 saturated carbocycles. The number of carbonyl (C=O) groups is 1. The van der Waals surface area contributed by atoms with Crippen molar-refractivity contribution in [2.45, 2.75) is 0 Å². The molecule has 0 fully saturated rings. The van der Waals surface area contributed by atoms with Crippen LogP contribution in [0.15, 0.2) is 84.9 Å². The fourth-order valence-electron chi connectivity index (χ4n) is 3.13. The van der Waals surface area contributed by atoms with Crippen molar-refractivity contribution in [3.8, 4) is 0 Å². The maximum atomic E-state index is 13.0. The van der Waals surface area contributed by atoms with Crippen LogP contribution in [-0.4, -0.2) is 13.0 Å². The van der Waals surface area contributed by atoms with Crippen molar-refractivity contribution in [2.24, 2.45) is 0 Å². The van der Waals surface area contributed by atoms with Crippen molar-refractivity contribution < 1.29 is 4.79 Å². The minimum Gasteiger partial charge on any atom is -0.311 e. The molecule has 24 heavy (non-hydrogen) atoms. The van der Waals surface area contributed by atoms with E-state index < -0.39 is 0 Å². The number of amides is 1. The second-order valence-electron chi connectivity index (χ2n) is 5.92. The fraction of sp³-hybridized carbons (Fsp3) is 0.0455. The molecular formula is C22H17NO. The SMILES string of the molecule is CN(C(=O)c1ccc2ccccc2c1)c1cccc2ccccc12. The fourth-order valence-corrected chi connectivity index (χ4v) is 3.13. The highest BCUT2D eigenvalue weighted by atomic mass is 16.2. The molecule has 0 bridgehead atoms. The number of anilines is 1. The third-order valence-corrected chi connectivity index (χ3v) is 4.43. The van der Waals surface area contributed by atoms with Crippen LogP contribution < -0.4 is 4.90 Å². The lowest BCUT2D eigenvalue weighted by atomic mass is 10.0. The van der Waals surface area contributed by atoms with Crippen LogP contribution in [0, 0.1) is 0 Å². The molecule has 2 heteroatoms. The van der Waals surface area contributed by atoms with Crippen LogP contribution in [0.5, 0.6) is 0 Å². The molecule has 0 aliphatic carbocycles. The van der Waals surface area contributed by atoms with E-state index in [0.717, 1.165) is 27.2 Å². The zero-order chi connectivity index (χ0) is 16.5. The van der Waals surface area contributed by atoms with Gasteiger partial charge in [0, 0.05) is 18.0 Å². The summed E-state index contributed by atoms with van der Waals surface area (Å²) in [6, 6.07) is 28.1. The molecule has 0 aromatic heterocycles. The topological polar surface area (TPSA) is 20.3 Å². The van der Waals surface area contributed by atoms with Crippen molar-refractivity contribution in [3.63, 3.8) is 0 Å². The predicted molar refractivity (Wildman–Crippen MR) is 101 cm³/mol. The molecule has 2 nitrogen and oxygen atoms in total. The van der Waals surface area contributed by atoms with Gasteiger partial charge in [0.2, 0.25) is 0 Å². The first-order valence-electron chi connectivity index (χ1n) is 7.99. The smallest absolute Gasteiger partial charge is 0.258 e. The number of hydrogen-bond acceptors (Lipinski definition) is 1. The van der Waals surface area contributed by atoms with Crippen molar-refractivity contribution >= 4 is 33.1 Å². The summed E-state index contributed by atoms with van der Waals surface area (Å²) in [5.41, 5.74) is 1.62. The highest BCUT2D eigenvalue weighted by Gasteiger charge is 2.15. The summed E-state index contributed by atoms with van der Waals surface area (Å²) in [5.74, 6) is -0.00268. The molecule has 116 valence electrons. The van der Waals surface area contributed by atoms with E-state index in [9.17, 15) is 4.79 Å². The standard InChI is InChI=1S/C22H17NO/c1-23(21-12-6-10-17-8-4-5-11-20(17)21)22(24)19-14-13-16-7-2-3-9-18(16)15-19/h2-15H,1H3. The first kappa shape index (κ1) is 14.5. The Kier molecular flexibility index (Phi) is 3.51. The summed E-state index contributed by atoms with van der Waals surface area (Å²) in [4.78, 5) is 14.7. The van der Waals surface area contributed by atoms with Gasteiger partial charge < -0.3 is 4.90 Å². The number of hydrogen-bond donors (Lipinski definition) is 0. The Bertz CT molecular complexity index is 1050. The average molecular weight is 311 g/mol. The minimum atomic E-state index is -0.00268. The second-order valence-corrected chi connectivity index (χ2v) is 5.92. The van der Waals surface area contributed by atoms with Crippen LogP contribution in [0.1, 0.15) is 10.4 Å². The molecule has 0 atom stereocenters. The zero-order valence-electron chi connectivity index (χ0n) is 13.4. The number of benzene rings is 4. The molecule has 0 heterocycles. The van der Waals surface area contributed by atoms with Crippen molar-refractivity contribution in [1.29, 1.82) is 0 Å². The van der Waals surface area contributed by atoms with E-state index in [-0.39, 0.29) is 5.91 Å². The van der Waals surface area contributed by atoms with E-state index in [4.69, 9.17) is 0 Å². The maximum Gasteiger partial charge on any atom is 0.258 e. The van der Waals surface area contributed by atoms with Gasteiger partial charge in [0.25, 0.3) is 5.91 Å². The first-order chi connectivity index (χ1) is 11.7. The Hall–Kier alpha value is -3.13. The van der Waals surface area contributed by atoms with Gasteiger partial charge >= 0.3 is 0 Å². The molecule has 0 spiro atoms. The lowest BCUT2D eigenvalue weighted by molar-refractivity contribution is 0.0993. The lowest BCUT2D eigenvalue weighted by Gasteiger charge is -2.19. The van der Waals surface area contributed by atoms with Crippen LogP contribution in [-0.2, 0) is 0 Å². The van der Waals surface area contributed by atoms with Crippen LogP contribution in [0.2, 0.25) is 0 Å². The van der Waals surface area contributed by atoms with E-state index in [0.29, 0.717) is 5.56 Å². The third kappa shape index (κ3) is 2.42. The zero-order valence-corrected chi connectivity index (χ0v) is 13.4. The van der Waals surface area contributed by atoms with Gasteiger partial charge in [0.1, 0.15) is 0 Å². The number of fused-ring (bicyclic) bond motifs is 2. The highest BCUT2D eigenvalue weighted by molar-refractivity contribution is 6.11. The monoisotopic (exact) mass is 311 g/mol. The Morgan fingerprint density at radius 1 is 0.708 bits per heavy atom. The van der Waals surface area contributed by atoms with Crippen LogP contribution in [0.4, 0.5) is 5.69 Å². The van der Waals surface area contributed by atoms with Gasteiger partial charge in [-0.05, 0) is 34.4 Å².